The molecule has 0 bridgehead atoms. The van der Waals surface area contributed by atoms with Gasteiger partial charge in [0, 0.05) is 54.3 Å². The number of H-pyrrole nitrogens is 1. The predicted octanol–water partition coefficient (Wildman–Crippen LogP) is 5.21. The molecule has 1 aromatic carbocycles. The number of nitrogens with one attached hydrogen (secondary N) is 2. The third kappa shape index (κ3) is 6.05. The number of ether oxygens (including phenoxy) is 1. The van der Waals surface area contributed by atoms with Crippen LogP contribution in [-0.4, -0.2) is 40.7 Å². The van der Waals surface area contributed by atoms with E-state index in [0.29, 0.717) is 36.5 Å². The average molecular weight is 539 g/mol. The first-order valence-electron chi connectivity index (χ1n) is 13.7. The third-order valence-corrected chi connectivity index (χ3v) is 8.52. The number of hydrogen-bond donors (Lipinski definition) is 3. The Morgan fingerprint density at radius 1 is 1.11 bits per heavy atom. The highest BCUT2D eigenvalue weighted by Crippen LogP contribution is 2.39. The van der Waals surface area contributed by atoms with Crippen LogP contribution in [0.3, 0.4) is 0 Å². The van der Waals surface area contributed by atoms with Crippen molar-refractivity contribution in [2.75, 3.05) is 13.2 Å². The summed E-state index contributed by atoms with van der Waals surface area (Å²) in [4.78, 5) is 40.4. The van der Waals surface area contributed by atoms with Crippen LogP contribution in [0.25, 0.3) is 5.57 Å². The van der Waals surface area contributed by atoms with Crippen molar-refractivity contribution < 1.29 is 19.4 Å². The molecule has 5 rings (SSSR count). The molecule has 1 aliphatic heterocycles. The van der Waals surface area contributed by atoms with E-state index in [-0.39, 0.29) is 30.7 Å². The minimum absolute atomic E-state index is 0.0142. The smallest absolute Gasteiger partial charge is 0.329 e. The zero-order valence-corrected chi connectivity index (χ0v) is 22.3. The van der Waals surface area contributed by atoms with Crippen LogP contribution in [0.2, 0.25) is 5.02 Å². The minimum Gasteiger partial charge on any atom is -0.480 e. The number of carboxylic acid groups (broad SMARTS) is 1. The third-order valence-electron chi connectivity index (χ3n) is 8.17. The molecule has 8 heteroatoms. The van der Waals surface area contributed by atoms with Crippen molar-refractivity contribution in [3.05, 3.63) is 74.2 Å². The van der Waals surface area contributed by atoms with E-state index < -0.39 is 11.5 Å². The molecule has 202 valence electrons. The van der Waals surface area contributed by atoms with E-state index >= 15 is 0 Å². The fourth-order valence-electron chi connectivity index (χ4n) is 5.67. The first kappa shape index (κ1) is 26.7. The van der Waals surface area contributed by atoms with Crippen molar-refractivity contribution in [3.8, 4) is 0 Å². The number of rotatable bonds is 9. The maximum absolute atomic E-state index is 12.8. The molecule has 2 aliphatic carbocycles. The molecule has 0 unspecified atom stereocenters. The number of amides is 1. The topological polar surface area (TPSA) is 108 Å². The molecular formula is C30H35ClN2O5. The van der Waals surface area contributed by atoms with E-state index in [1.54, 1.807) is 0 Å². The van der Waals surface area contributed by atoms with Crippen molar-refractivity contribution in [1.82, 2.24) is 10.3 Å². The van der Waals surface area contributed by atoms with Gasteiger partial charge in [0.15, 0.2) is 0 Å². The lowest BCUT2D eigenvalue weighted by atomic mass is 9.89. The summed E-state index contributed by atoms with van der Waals surface area (Å²) in [5, 5.41) is 13.0. The van der Waals surface area contributed by atoms with Gasteiger partial charge in [0.1, 0.15) is 5.54 Å². The predicted molar refractivity (Wildman–Crippen MR) is 146 cm³/mol. The van der Waals surface area contributed by atoms with Crippen molar-refractivity contribution in [2.45, 2.75) is 75.7 Å². The van der Waals surface area contributed by atoms with E-state index in [1.165, 1.54) is 12.8 Å². The van der Waals surface area contributed by atoms with E-state index in [4.69, 9.17) is 16.3 Å². The molecule has 3 fully saturated rings. The molecule has 2 saturated carbocycles. The Kier molecular flexibility index (Phi) is 8.05. The summed E-state index contributed by atoms with van der Waals surface area (Å²) in [6, 6.07) is 9.79. The highest BCUT2D eigenvalue weighted by Gasteiger charge is 2.41. The summed E-state index contributed by atoms with van der Waals surface area (Å²) in [6.07, 6.45) is 10.2. The highest BCUT2D eigenvalue weighted by atomic mass is 35.5. The first-order valence-corrected chi connectivity index (χ1v) is 14.1. The van der Waals surface area contributed by atoms with Gasteiger partial charge in [0.2, 0.25) is 5.91 Å². The maximum atomic E-state index is 12.8. The summed E-state index contributed by atoms with van der Waals surface area (Å²) < 4.78 is 5.27. The molecule has 38 heavy (non-hydrogen) atoms. The Labute approximate surface area is 227 Å². The number of carbonyl (C=O) groups excluding carboxylic acids is 1. The monoisotopic (exact) mass is 538 g/mol. The molecule has 1 aromatic heterocycles. The standard InChI is InChI=1S/C30H35ClN2O5/c31-25-18-22(8-7-21(25)9-12-27(34)33-30(29(36)37)13-15-38-16-14-30)24(17-19-3-1-2-4-19)26-11-10-23(20-5-6-20)28(35)32-26/h7-8,10-11,17-20H,1-6,9,12-16H2,(H,32,35)(H,33,34)(H,36,37)/b24-17+. The van der Waals surface area contributed by atoms with Gasteiger partial charge in [0.05, 0.1) is 0 Å². The van der Waals surface area contributed by atoms with Gasteiger partial charge in [-0.1, -0.05) is 48.7 Å². The van der Waals surface area contributed by atoms with Crippen molar-refractivity contribution in [3.63, 3.8) is 0 Å². The molecule has 0 spiro atoms. The van der Waals surface area contributed by atoms with Crippen LogP contribution in [0.15, 0.2) is 41.2 Å². The number of carboxylic acids is 1. The number of aliphatic carboxylic acids is 1. The summed E-state index contributed by atoms with van der Waals surface area (Å²) in [7, 11) is 0. The number of pyridine rings is 1. The average Bonchev–Trinajstić information content (AvgIpc) is 3.61. The summed E-state index contributed by atoms with van der Waals surface area (Å²) in [6.45, 7) is 0.621. The minimum atomic E-state index is -1.27. The van der Waals surface area contributed by atoms with Crippen LogP contribution in [0.4, 0.5) is 0 Å². The number of aromatic nitrogens is 1. The highest BCUT2D eigenvalue weighted by molar-refractivity contribution is 6.31. The second-order valence-electron chi connectivity index (χ2n) is 10.9. The Morgan fingerprint density at radius 3 is 2.47 bits per heavy atom. The first-order chi connectivity index (χ1) is 18.3. The Morgan fingerprint density at radius 2 is 1.84 bits per heavy atom. The number of hydrogen-bond acceptors (Lipinski definition) is 4. The molecule has 2 aromatic rings. The van der Waals surface area contributed by atoms with Gasteiger partial charge in [-0.25, -0.2) is 4.79 Å². The fourth-order valence-corrected chi connectivity index (χ4v) is 5.94. The fraction of sp³-hybridized carbons (Fsp3) is 0.500. The van der Waals surface area contributed by atoms with Crippen LogP contribution >= 0.6 is 11.6 Å². The molecule has 1 saturated heterocycles. The Hall–Kier alpha value is -2.90. The van der Waals surface area contributed by atoms with Gasteiger partial charge in [-0.15, -0.1) is 0 Å². The number of allylic oxidation sites excluding steroid dienone is 1. The van der Waals surface area contributed by atoms with E-state index in [0.717, 1.165) is 53.6 Å². The number of carbonyl (C=O) groups is 2. The number of aromatic amines is 1. The number of aryl methyl sites for hydroxylation is 1. The van der Waals surface area contributed by atoms with Crippen molar-refractivity contribution in [1.29, 1.82) is 0 Å². The second kappa shape index (κ2) is 11.5. The van der Waals surface area contributed by atoms with Gasteiger partial charge < -0.3 is 20.1 Å². The van der Waals surface area contributed by atoms with Gasteiger partial charge >= 0.3 is 5.97 Å². The molecule has 3 aliphatic rings. The SMILES string of the molecule is O=C(CCc1ccc(/C(=C\C2CCCC2)c2ccc(C3CC3)c(=O)[nH]2)cc1Cl)NC1(C(=O)O)CCOCC1. The Bertz CT molecular complexity index is 1280. The van der Waals surface area contributed by atoms with Crippen LogP contribution in [0.1, 0.15) is 86.1 Å². The van der Waals surface area contributed by atoms with Gasteiger partial charge in [-0.05, 0) is 67.2 Å². The molecule has 2 heterocycles. The lowest BCUT2D eigenvalue weighted by Gasteiger charge is -2.33. The quantitative estimate of drug-likeness (QED) is 0.406. The molecule has 0 atom stereocenters. The van der Waals surface area contributed by atoms with E-state index in [9.17, 15) is 19.5 Å². The summed E-state index contributed by atoms with van der Waals surface area (Å²) in [5.74, 6) is -0.491. The zero-order chi connectivity index (χ0) is 26.7. The van der Waals surface area contributed by atoms with Crippen LogP contribution in [0.5, 0.6) is 0 Å². The number of benzene rings is 1. The van der Waals surface area contributed by atoms with Gasteiger partial charge in [0.25, 0.3) is 5.56 Å². The van der Waals surface area contributed by atoms with Crippen molar-refractivity contribution >= 4 is 29.1 Å². The van der Waals surface area contributed by atoms with E-state index in [2.05, 4.69) is 16.4 Å². The zero-order valence-electron chi connectivity index (χ0n) is 21.6. The normalized spacial score (nSPS) is 19.9. The lowest BCUT2D eigenvalue weighted by molar-refractivity contribution is -0.152. The second-order valence-corrected chi connectivity index (χ2v) is 11.3. The van der Waals surface area contributed by atoms with E-state index in [1.807, 2.05) is 30.3 Å². The van der Waals surface area contributed by atoms with Crippen molar-refractivity contribution in [2.24, 2.45) is 5.92 Å². The van der Waals surface area contributed by atoms with Gasteiger partial charge in [-0.3, -0.25) is 9.59 Å². The molecular weight excluding hydrogens is 504 g/mol. The molecule has 1 amide bonds. The Balaban J connectivity index is 1.32. The van der Waals surface area contributed by atoms with Gasteiger partial charge in [-0.2, -0.15) is 0 Å². The summed E-state index contributed by atoms with van der Waals surface area (Å²) >= 11 is 6.70. The van der Waals surface area contributed by atoms with Crippen LogP contribution in [-0.2, 0) is 20.7 Å². The molecule has 7 nitrogen and oxygen atoms in total. The maximum Gasteiger partial charge on any atom is 0.329 e. The van der Waals surface area contributed by atoms with Crippen LogP contribution < -0.4 is 10.9 Å². The number of halogens is 1. The lowest BCUT2D eigenvalue weighted by Crippen LogP contribution is -2.57. The van der Waals surface area contributed by atoms with Crippen LogP contribution in [0, 0.1) is 5.92 Å². The summed E-state index contributed by atoms with van der Waals surface area (Å²) in [5.41, 5.74) is 3.10. The largest absolute Gasteiger partial charge is 0.480 e. The molecule has 3 N–H and O–H groups in total. The molecule has 0 radical (unpaired) electrons.